The lowest BCUT2D eigenvalue weighted by Crippen LogP contribution is -2.31. The number of nitrogens with one attached hydrogen (secondary N) is 1. The molecule has 3 aromatic rings. The number of hydrogen-bond donors (Lipinski definition) is 1. The number of carbonyl (C=O) groups excluding carboxylic acids is 1. The number of rotatable bonds is 8. The minimum Gasteiger partial charge on any atom is -0.354 e. The van der Waals surface area contributed by atoms with Crippen LogP contribution in [0.3, 0.4) is 0 Å². The van der Waals surface area contributed by atoms with Crippen LogP contribution in [0.15, 0.2) is 64.4 Å². The average Bonchev–Trinajstić information content (AvgIpc) is 3.34. The molecule has 0 aliphatic heterocycles. The van der Waals surface area contributed by atoms with Gasteiger partial charge in [-0.05, 0) is 52.6 Å². The molecule has 142 valence electrons. The smallest absolute Gasteiger partial charge is 0.220 e. The molecule has 0 radical (unpaired) electrons. The summed E-state index contributed by atoms with van der Waals surface area (Å²) >= 11 is 1.61. The lowest BCUT2D eigenvalue weighted by atomic mass is 10.1. The molecule has 0 aliphatic rings. The van der Waals surface area contributed by atoms with E-state index in [1.165, 1.54) is 6.26 Å². The third-order valence-electron chi connectivity index (χ3n) is 4.26. The number of aryl methyl sites for hydroxylation is 1. The first-order valence-corrected chi connectivity index (χ1v) is 11.3. The zero-order chi connectivity index (χ0) is 19.3. The minimum atomic E-state index is -3.20. The lowest BCUT2D eigenvalue weighted by molar-refractivity contribution is -0.121. The van der Waals surface area contributed by atoms with E-state index in [9.17, 15) is 13.2 Å². The summed E-state index contributed by atoms with van der Waals surface area (Å²) in [7, 11) is -3.20. The van der Waals surface area contributed by atoms with Crippen LogP contribution in [0.1, 0.15) is 23.6 Å². The highest BCUT2D eigenvalue weighted by atomic mass is 32.2. The van der Waals surface area contributed by atoms with E-state index in [0.29, 0.717) is 19.4 Å². The summed E-state index contributed by atoms with van der Waals surface area (Å²) in [6.07, 6.45) is 5.69. The Hall–Kier alpha value is -2.45. The molecule has 0 bridgehead atoms. The second-order valence-corrected chi connectivity index (χ2v) is 9.07. The van der Waals surface area contributed by atoms with Gasteiger partial charge in [-0.2, -0.15) is 16.4 Å². The molecule has 3 rings (SSSR count). The van der Waals surface area contributed by atoms with Crippen LogP contribution in [-0.2, 0) is 21.1 Å². The van der Waals surface area contributed by atoms with Gasteiger partial charge >= 0.3 is 0 Å². The van der Waals surface area contributed by atoms with Crippen LogP contribution in [0, 0.1) is 0 Å². The maximum absolute atomic E-state index is 12.3. The summed E-state index contributed by atoms with van der Waals surface area (Å²) in [5.74, 6) is -0.0467. The first-order chi connectivity index (χ1) is 12.9. The number of thiophene rings is 1. The number of sulfone groups is 1. The fourth-order valence-electron chi connectivity index (χ4n) is 2.75. The van der Waals surface area contributed by atoms with Gasteiger partial charge in [0.05, 0.1) is 10.9 Å². The Balaban J connectivity index is 1.54. The zero-order valence-corrected chi connectivity index (χ0v) is 16.5. The van der Waals surface area contributed by atoms with Gasteiger partial charge in [0.25, 0.3) is 0 Å². The van der Waals surface area contributed by atoms with Gasteiger partial charge in [0, 0.05) is 31.6 Å². The van der Waals surface area contributed by atoms with Crippen LogP contribution in [-0.4, -0.2) is 36.9 Å². The van der Waals surface area contributed by atoms with Crippen molar-refractivity contribution in [1.82, 2.24) is 15.1 Å². The van der Waals surface area contributed by atoms with Crippen LogP contribution in [0.4, 0.5) is 0 Å². The van der Waals surface area contributed by atoms with Crippen LogP contribution >= 0.6 is 11.3 Å². The maximum Gasteiger partial charge on any atom is 0.220 e. The summed E-state index contributed by atoms with van der Waals surface area (Å²) in [5, 5.41) is 11.3. The first kappa shape index (κ1) is 19.3. The molecule has 0 saturated heterocycles. The summed E-state index contributed by atoms with van der Waals surface area (Å²) in [4.78, 5) is 12.5. The molecular formula is C19H21N3O3S2. The molecule has 6 nitrogen and oxygen atoms in total. The van der Waals surface area contributed by atoms with Gasteiger partial charge in [0.1, 0.15) is 0 Å². The normalized spacial score (nSPS) is 12.6. The fraction of sp³-hybridized carbons (Fsp3) is 0.263. The van der Waals surface area contributed by atoms with Crippen molar-refractivity contribution in [2.75, 3.05) is 12.8 Å². The molecule has 1 aromatic carbocycles. The van der Waals surface area contributed by atoms with E-state index < -0.39 is 9.84 Å². The van der Waals surface area contributed by atoms with Crippen molar-refractivity contribution in [3.63, 3.8) is 0 Å². The van der Waals surface area contributed by atoms with Crippen molar-refractivity contribution in [3.05, 3.63) is 70.7 Å². The topological polar surface area (TPSA) is 81.1 Å². The SMILES string of the molecule is CS(=O)(=O)c1ccc(CCC(=O)NCC(c2ccsc2)n2cccn2)cc1. The van der Waals surface area contributed by atoms with E-state index in [1.807, 2.05) is 28.4 Å². The zero-order valence-electron chi connectivity index (χ0n) is 14.9. The third kappa shape index (κ3) is 5.27. The Labute approximate surface area is 162 Å². The Bertz CT molecular complexity index is 930. The van der Waals surface area contributed by atoms with Gasteiger partial charge in [-0.25, -0.2) is 8.42 Å². The van der Waals surface area contributed by atoms with E-state index in [1.54, 1.807) is 41.8 Å². The van der Waals surface area contributed by atoms with E-state index in [4.69, 9.17) is 0 Å². The van der Waals surface area contributed by atoms with Gasteiger partial charge in [-0.15, -0.1) is 0 Å². The van der Waals surface area contributed by atoms with Gasteiger partial charge in [-0.3, -0.25) is 9.48 Å². The first-order valence-electron chi connectivity index (χ1n) is 8.50. The van der Waals surface area contributed by atoms with Crippen molar-refractivity contribution in [2.24, 2.45) is 0 Å². The summed E-state index contributed by atoms with van der Waals surface area (Å²) in [5.41, 5.74) is 2.04. The van der Waals surface area contributed by atoms with Gasteiger partial charge in [0.15, 0.2) is 9.84 Å². The molecule has 1 atom stereocenters. The standard InChI is InChI=1S/C19H21N3O3S2/c1-27(24,25)17-6-3-15(4-7-17)5-8-19(23)20-13-18(16-9-12-26-14-16)22-11-2-10-21-22/h2-4,6-7,9-12,14,18H,5,8,13H2,1H3,(H,20,23). The van der Waals surface area contributed by atoms with E-state index in [-0.39, 0.29) is 16.8 Å². The molecule has 0 aliphatic carbocycles. The molecule has 1 amide bonds. The monoisotopic (exact) mass is 403 g/mol. The quantitative estimate of drug-likeness (QED) is 0.627. The number of aromatic nitrogens is 2. The highest BCUT2D eigenvalue weighted by Crippen LogP contribution is 2.19. The molecule has 2 aromatic heterocycles. The fourth-order valence-corrected chi connectivity index (χ4v) is 4.09. The van der Waals surface area contributed by atoms with Crippen molar-refractivity contribution < 1.29 is 13.2 Å². The minimum absolute atomic E-state index is 0.0377. The Morgan fingerprint density at radius 1 is 1.26 bits per heavy atom. The largest absolute Gasteiger partial charge is 0.354 e. The second-order valence-electron chi connectivity index (χ2n) is 6.28. The highest BCUT2D eigenvalue weighted by Gasteiger charge is 2.16. The lowest BCUT2D eigenvalue weighted by Gasteiger charge is -2.17. The number of amides is 1. The van der Waals surface area contributed by atoms with Crippen molar-refractivity contribution in [2.45, 2.75) is 23.8 Å². The summed E-state index contributed by atoms with van der Waals surface area (Å²) in [6, 6.07) is 10.5. The summed E-state index contributed by atoms with van der Waals surface area (Å²) < 4.78 is 24.8. The number of hydrogen-bond acceptors (Lipinski definition) is 5. The van der Waals surface area contributed by atoms with Crippen molar-refractivity contribution in [3.8, 4) is 0 Å². The van der Waals surface area contributed by atoms with E-state index in [2.05, 4.69) is 15.8 Å². The van der Waals surface area contributed by atoms with Gasteiger partial charge in [0.2, 0.25) is 5.91 Å². The predicted octanol–water partition coefficient (Wildman–Crippen LogP) is 2.69. The van der Waals surface area contributed by atoms with Crippen molar-refractivity contribution >= 4 is 27.1 Å². The molecule has 1 unspecified atom stereocenters. The predicted molar refractivity (Wildman–Crippen MR) is 106 cm³/mol. The number of benzene rings is 1. The Kier molecular flexibility index (Phi) is 6.08. The number of carbonyl (C=O) groups is 1. The number of nitrogens with zero attached hydrogens (tertiary/aromatic N) is 2. The molecule has 1 N–H and O–H groups in total. The Morgan fingerprint density at radius 2 is 2.04 bits per heavy atom. The van der Waals surface area contributed by atoms with E-state index >= 15 is 0 Å². The molecule has 0 fully saturated rings. The molecule has 0 saturated carbocycles. The van der Waals surface area contributed by atoms with Crippen LogP contribution in [0.2, 0.25) is 0 Å². The molecule has 8 heteroatoms. The van der Waals surface area contributed by atoms with Gasteiger partial charge < -0.3 is 5.32 Å². The van der Waals surface area contributed by atoms with Crippen LogP contribution in [0.25, 0.3) is 0 Å². The summed E-state index contributed by atoms with van der Waals surface area (Å²) in [6.45, 7) is 0.463. The van der Waals surface area contributed by atoms with Crippen LogP contribution < -0.4 is 5.32 Å². The average molecular weight is 404 g/mol. The molecule has 0 spiro atoms. The van der Waals surface area contributed by atoms with Crippen molar-refractivity contribution in [1.29, 1.82) is 0 Å². The molecular weight excluding hydrogens is 382 g/mol. The van der Waals surface area contributed by atoms with Gasteiger partial charge in [-0.1, -0.05) is 12.1 Å². The Morgan fingerprint density at radius 3 is 2.63 bits per heavy atom. The third-order valence-corrected chi connectivity index (χ3v) is 6.09. The molecule has 27 heavy (non-hydrogen) atoms. The van der Waals surface area contributed by atoms with Crippen LogP contribution in [0.5, 0.6) is 0 Å². The van der Waals surface area contributed by atoms with E-state index in [0.717, 1.165) is 11.1 Å². The second kappa shape index (κ2) is 8.49. The maximum atomic E-state index is 12.3. The molecule has 2 heterocycles. The highest BCUT2D eigenvalue weighted by molar-refractivity contribution is 7.90.